The number of benzene rings is 2. The first-order valence-corrected chi connectivity index (χ1v) is 7.64. The van der Waals surface area contributed by atoms with Crippen molar-refractivity contribution < 1.29 is 14.3 Å². The highest BCUT2D eigenvalue weighted by molar-refractivity contribution is 5.98. The monoisotopic (exact) mass is 309 g/mol. The van der Waals surface area contributed by atoms with E-state index in [0.29, 0.717) is 6.42 Å². The number of esters is 1. The second-order valence-corrected chi connectivity index (χ2v) is 5.72. The predicted octanol–water partition coefficient (Wildman–Crippen LogP) is 3.19. The fourth-order valence-electron chi connectivity index (χ4n) is 3.27. The van der Waals surface area contributed by atoms with Crippen LogP contribution in [0.5, 0.6) is 0 Å². The zero-order chi connectivity index (χ0) is 16.4. The molecule has 0 bridgehead atoms. The van der Waals surface area contributed by atoms with Crippen molar-refractivity contribution in [3.63, 3.8) is 0 Å². The molecule has 0 aromatic heterocycles. The maximum Gasteiger partial charge on any atom is 0.307 e. The topological polar surface area (TPSA) is 46.6 Å². The summed E-state index contributed by atoms with van der Waals surface area (Å²) in [6.07, 6.45) is 0.499. The van der Waals surface area contributed by atoms with Gasteiger partial charge in [0, 0.05) is 5.69 Å². The van der Waals surface area contributed by atoms with Crippen LogP contribution in [0.25, 0.3) is 0 Å². The van der Waals surface area contributed by atoms with E-state index in [1.54, 1.807) is 4.90 Å². The Morgan fingerprint density at radius 1 is 1.17 bits per heavy atom. The van der Waals surface area contributed by atoms with Crippen LogP contribution < -0.4 is 4.90 Å². The molecule has 4 nitrogen and oxygen atoms in total. The lowest BCUT2D eigenvalue weighted by Gasteiger charge is -2.37. The molecule has 0 radical (unpaired) electrons. The standard InChI is InChI=1S/C19H19NO3/c1-13-7-6-8-14-11-17(21)20(15-9-4-3-5-10-15)16(19(13)14)12-18(22)23-2/h3-10,16H,11-12H2,1-2H3. The molecular weight excluding hydrogens is 290 g/mol. The number of fused-ring (bicyclic) bond motifs is 1. The zero-order valence-electron chi connectivity index (χ0n) is 13.3. The number of amides is 1. The zero-order valence-corrected chi connectivity index (χ0v) is 13.3. The molecule has 0 saturated carbocycles. The summed E-state index contributed by atoms with van der Waals surface area (Å²) in [6.45, 7) is 2.02. The molecule has 23 heavy (non-hydrogen) atoms. The molecule has 1 aliphatic heterocycles. The first-order chi connectivity index (χ1) is 11.1. The molecule has 3 rings (SSSR count). The van der Waals surface area contributed by atoms with Crippen LogP contribution in [-0.2, 0) is 20.7 Å². The van der Waals surface area contributed by atoms with Crippen LogP contribution in [0.3, 0.4) is 0 Å². The third-order valence-electron chi connectivity index (χ3n) is 4.29. The van der Waals surface area contributed by atoms with Crippen molar-refractivity contribution in [2.75, 3.05) is 12.0 Å². The van der Waals surface area contributed by atoms with E-state index in [4.69, 9.17) is 4.74 Å². The first-order valence-electron chi connectivity index (χ1n) is 7.64. The fraction of sp³-hybridized carbons (Fsp3) is 0.263. The predicted molar refractivity (Wildman–Crippen MR) is 88.2 cm³/mol. The van der Waals surface area contributed by atoms with Crippen molar-refractivity contribution in [2.45, 2.75) is 25.8 Å². The molecule has 2 aromatic carbocycles. The van der Waals surface area contributed by atoms with E-state index in [1.807, 2.05) is 55.5 Å². The Morgan fingerprint density at radius 3 is 2.61 bits per heavy atom. The van der Waals surface area contributed by atoms with Crippen LogP contribution in [0, 0.1) is 6.92 Å². The van der Waals surface area contributed by atoms with Gasteiger partial charge < -0.3 is 9.64 Å². The number of anilines is 1. The van der Waals surface area contributed by atoms with E-state index in [-0.39, 0.29) is 24.3 Å². The summed E-state index contributed by atoms with van der Waals surface area (Å²) < 4.78 is 4.85. The van der Waals surface area contributed by atoms with E-state index in [2.05, 4.69) is 0 Å². The normalized spacial score (nSPS) is 16.9. The van der Waals surface area contributed by atoms with Crippen molar-refractivity contribution in [1.82, 2.24) is 0 Å². The number of carbonyl (C=O) groups excluding carboxylic acids is 2. The van der Waals surface area contributed by atoms with Gasteiger partial charge in [-0.2, -0.15) is 0 Å². The molecule has 1 aliphatic rings. The number of hydrogen-bond donors (Lipinski definition) is 0. The molecule has 0 saturated heterocycles. The molecule has 1 atom stereocenters. The maximum absolute atomic E-state index is 12.7. The molecule has 0 aliphatic carbocycles. The number of aryl methyl sites for hydroxylation is 1. The van der Waals surface area contributed by atoms with Crippen LogP contribution in [-0.4, -0.2) is 19.0 Å². The summed E-state index contributed by atoms with van der Waals surface area (Å²) in [7, 11) is 1.37. The molecular formula is C19H19NO3. The average Bonchev–Trinajstić information content (AvgIpc) is 2.55. The van der Waals surface area contributed by atoms with Gasteiger partial charge in [0.05, 0.1) is 26.0 Å². The number of hydrogen-bond acceptors (Lipinski definition) is 3. The number of nitrogens with zero attached hydrogens (tertiary/aromatic N) is 1. The lowest BCUT2D eigenvalue weighted by Crippen LogP contribution is -2.42. The Kier molecular flexibility index (Phi) is 4.15. The van der Waals surface area contributed by atoms with Crippen molar-refractivity contribution in [1.29, 1.82) is 0 Å². The Labute approximate surface area is 135 Å². The quantitative estimate of drug-likeness (QED) is 0.818. The van der Waals surface area contributed by atoms with Gasteiger partial charge in [-0.15, -0.1) is 0 Å². The lowest BCUT2D eigenvalue weighted by molar-refractivity contribution is -0.141. The molecule has 2 aromatic rings. The molecule has 0 spiro atoms. The van der Waals surface area contributed by atoms with Crippen LogP contribution in [0.15, 0.2) is 48.5 Å². The molecule has 1 unspecified atom stereocenters. The SMILES string of the molecule is COC(=O)CC1c2c(C)cccc2CC(=O)N1c1ccccc1. The molecule has 1 heterocycles. The van der Waals surface area contributed by atoms with Crippen LogP contribution >= 0.6 is 0 Å². The van der Waals surface area contributed by atoms with E-state index >= 15 is 0 Å². The number of methoxy groups -OCH3 is 1. The van der Waals surface area contributed by atoms with Crippen molar-refractivity contribution in [3.8, 4) is 0 Å². The Balaban J connectivity index is 2.12. The molecule has 118 valence electrons. The van der Waals surface area contributed by atoms with Crippen LogP contribution in [0.4, 0.5) is 5.69 Å². The summed E-state index contributed by atoms with van der Waals surface area (Å²) in [5.74, 6) is -0.317. The maximum atomic E-state index is 12.7. The first kappa shape index (κ1) is 15.3. The summed E-state index contributed by atoms with van der Waals surface area (Å²) in [5, 5.41) is 0. The summed E-state index contributed by atoms with van der Waals surface area (Å²) >= 11 is 0. The summed E-state index contributed by atoms with van der Waals surface area (Å²) in [5.41, 5.74) is 3.95. The minimum Gasteiger partial charge on any atom is -0.469 e. The largest absolute Gasteiger partial charge is 0.469 e. The highest BCUT2D eigenvalue weighted by atomic mass is 16.5. The van der Waals surface area contributed by atoms with Crippen molar-refractivity contribution in [2.24, 2.45) is 0 Å². The second kappa shape index (κ2) is 6.24. The van der Waals surface area contributed by atoms with Gasteiger partial charge in [0.15, 0.2) is 0 Å². The van der Waals surface area contributed by atoms with Gasteiger partial charge in [0.1, 0.15) is 0 Å². The molecule has 0 fully saturated rings. The number of carbonyl (C=O) groups is 2. The highest BCUT2D eigenvalue weighted by Gasteiger charge is 2.35. The fourth-order valence-corrected chi connectivity index (χ4v) is 3.27. The van der Waals surface area contributed by atoms with Gasteiger partial charge >= 0.3 is 5.97 Å². The average molecular weight is 309 g/mol. The Bertz CT molecular complexity index is 740. The summed E-state index contributed by atoms with van der Waals surface area (Å²) in [4.78, 5) is 26.4. The van der Waals surface area contributed by atoms with Gasteiger partial charge in [-0.25, -0.2) is 0 Å². The van der Waals surface area contributed by atoms with Crippen LogP contribution in [0.2, 0.25) is 0 Å². The smallest absolute Gasteiger partial charge is 0.307 e. The number of ether oxygens (including phenoxy) is 1. The second-order valence-electron chi connectivity index (χ2n) is 5.72. The van der Waals surface area contributed by atoms with Gasteiger partial charge in [0.2, 0.25) is 5.91 Å². The third kappa shape index (κ3) is 2.84. The highest BCUT2D eigenvalue weighted by Crippen LogP contribution is 2.38. The third-order valence-corrected chi connectivity index (χ3v) is 4.29. The molecule has 0 N–H and O–H groups in total. The van der Waals surface area contributed by atoms with Crippen molar-refractivity contribution in [3.05, 3.63) is 65.2 Å². The van der Waals surface area contributed by atoms with Gasteiger partial charge in [-0.3, -0.25) is 9.59 Å². The van der Waals surface area contributed by atoms with E-state index in [0.717, 1.165) is 22.4 Å². The lowest BCUT2D eigenvalue weighted by atomic mass is 9.86. The van der Waals surface area contributed by atoms with E-state index < -0.39 is 0 Å². The number of rotatable bonds is 3. The van der Waals surface area contributed by atoms with E-state index in [1.165, 1.54) is 7.11 Å². The van der Waals surface area contributed by atoms with Crippen molar-refractivity contribution >= 4 is 17.6 Å². The van der Waals surface area contributed by atoms with E-state index in [9.17, 15) is 9.59 Å². The van der Waals surface area contributed by atoms with Gasteiger partial charge in [-0.1, -0.05) is 36.4 Å². The minimum absolute atomic E-state index is 0.00297. The van der Waals surface area contributed by atoms with Gasteiger partial charge in [-0.05, 0) is 35.7 Å². The minimum atomic E-state index is -0.331. The Hall–Kier alpha value is -2.62. The molecule has 1 amide bonds. The van der Waals surface area contributed by atoms with Gasteiger partial charge in [0.25, 0.3) is 0 Å². The summed E-state index contributed by atoms with van der Waals surface area (Å²) in [6, 6.07) is 15.1. The number of para-hydroxylation sites is 1. The van der Waals surface area contributed by atoms with Crippen LogP contribution in [0.1, 0.15) is 29.2 Å². The Morgan fingerprint density at radius 2 is 1.91 bits per heavy atom. The molecule has 4 heteroatoms.